The molecule has 0 aliphatic rings. The molecule has 1 aromatic carbocycles. The van der Waals surface area contributed by atoms with Crippen LogP contribution in [0.15, 0.2) is 34.1 Å². The van der Waals surface area contributed by atoms with E-state index in [0.29, 0.717) is 12.4 Å². The number of fused-ring (bicyclic) bond motifs is 1. The van der Waals surface area contributed by atoms with Gasteiger partial charge < -0.3 is 4.98 Å². The number of H-pyrrole nitrogens is 1. The van der Waals surface area contributed by atoms with Crippen LogP contribution in [0.1, 0.15) is 5.56 Å². The minimum atomic E-state index is -4.61. The van der Waals surface area contributed by atoms with Crippen LogP contribution in [-0.2, 0) is 13.2 Å². The topological polar surface area (TPSA) is 80.6 Å². The monoisotopic (exact) mass is 340 g/mol. The van der Waals surface area contributed by atoms with Crippen LogP contribution in [0, 0.1) is 5.82 Å². The van der Waals surface area contributed by atoms with E-state index in [0.717, 1.165) is 16.7 Å². The van der Waals surface area contributed by atoms with Gasteiger partial charge in [-0.15, -0.1) is 0 Å². The Kier molecular flexibility index (Phi) is 3.47. The van der Waals surface area contributed by atoms with Gasteiger partial charge in [0, 0.05) is 19.4 Å². The third-order valence-electron chi connectivity index (χ3n) is 3.41. The van der Waals surface area contributed by atoms with Crippen LogP contribution in [0.3, 0.4) is 0 Å². The average Bonchev–Trinajstić information content (AvgIpc) is 2.52. The summed E-state index contributed by atoms with van der Waals surface area (Å²) < 4.78 is 52.5. The first-order valence-electron chi connectivity index (χ1n) is 6.50. The van der Waals surface area contributed by atoms with E-state index in [2.05, 4.69) is 15.0 Å². The second-order valence-corrected chi connectivity index (χ2v) is 4.97. The summed E-state index contributed by atoms with van der Waals surface area (Å²) in [7, 11) is 1.23. The lowest BCUT2D eigenvalue weighted by atomic mass is 10.1. The van der Waals surface area contributed by atoms with Crippen molar-refractivity contribution in [1.82, 2.24) is 19.5 Å². The van der Waals surface area contributed by atoms with E-state index < -0.39 is 28.8 Å². The fourth-order valence-corrected chi connectivity index (χ4v) is 2.11. The van der Waals surface area contributed by atoms with Crippen LogP contribution in [0.4, 0.5) is 17.6 Å². The lowest BCUT2D eigenvalue weighted by molar-refractivity contribution is -0.138. The predicted octanol–water partition coefficient (Wildman–Crippen LogP) is 1.84. The Morgan fingerprint density at radius 1 is 1.12 bits per heavy atom. The standard InChI is InChI=1S/C14H8F4N4O2/c1-22-12(23)8-2-9(15)7(3-10(8)21-13(22)24)11-19-4-6(5-20-11)14(16,17)18/h2-5H,1H3,(H,21,24). The van der Waals surface area contributed by atoms with Crippen molar-refractivity contribution in [3.05, 3.63) is 56.7 Å². The maximum atomic E-state index is 14.2. The Bertz CT molecular complexity index is 1050. The number of hydrogen-bond acceptors (Lipinski definition) is 4. The quantitative estimate of drug-likeness (QED) is 0.686. The fraction of sp³-hybridized carbons (Fsp3) is 0.143. The van der Waals surface area contributed by atoms with Crippen molar-refractivity contribution in [3.8, 4) is 11.4 Å². The first-order chi connectivity index (χ1) is 11.2. The summed E-state index contributed by atoms with van der Waals surface area (Å²) in [4.78, 5) is 32.9. The molecule has 2 heterocycles. The van der Waals surface area contributed by atoms with Gasteiger partial charge in [-0.1, -0.05) is 0 Å². The molecule has 3 aromatic rings. The van der Waals surface area contributed by atoms with Gasteiger partial charge in [-0.2, -0.15) is 13.2 Å². The third kappa shape index (κ3) is 2.55. The molecule has 0 bridgehead atoms. The summed E-state index contributed by atoms with van der Waals surface area (Å²) in [5, 5.41) is -0.0785. The van der Waals surface area contributed by atoms with Crippen LogP contribution in [0.25, 0.3) is 22.3 Å². The fourth-order valence-electron chi connectivity index (χ4n) is 2.11. The smallest absolute Gasteiger partial charge is 0.307 e. The molecule has 3 rings (SSSR count). The predicted molar refractivity (Wildman–Crippen MR) is 75.8 cm³/mol. The zero-order valence-corrected chi connectivity index (χ0v) is 12.0. The normalized spacial score (nSPS) is 11.9. The maximum Gasteiger partial charge on any atom is 0.419 e. The first-order valence-corrected chi connectivity index (χ1v) is 6.50. The molecule has 6 nitrogen and oxygen atoms in total. The Balaban J connectivity index is 2.20. The van der Waals surface area contributed by atoms with Gasteiger partial charge in [0.1, 0.15) is 5.82 Å². The van der Waals surface area contributed by atoms with Crippen LogP contribution in [-0.4, -0.2) is 19.5 Å². The van der Waals surface area contributed by atoms with Crippen LogP contribution >= 0.6 is 0 Å². The Morgan fingerprint density at radius 3 is 2.33 bits per heavy atom. The number of aromatic amines is 1. The number of hydrogen-bond donors (Lipinski definition) is 1. The zero-order chi connectivity index (χ0) is 17.6. The van der Waals surface area contributed by atoms with Crippen molar-refractivity contribution in [1.29, 1.82) is 0 Å². The minimum Gasteiger partial charge on any atom is -0.307 e. The molecular formula is C14H8F4N4O2. The van der Waals surface area contributed by atoms with Crippen molar-refractivity contribution in [2.24, 2.45) is 7.05 Å². The van der Waals surface area contributed by atoms with Gasteiger partial charge in [-0.05, 0) is 12.1 Å². The molecule has 0 spiro atoms. The number of alkyl halides is 3. The molecule has 24 heavy (non-hydrogen) atoms. The number of rotatable bonds is 1. The molecule has 0 amide bonds. The summed E-state index contributed by atoms with van der Waals surface area (Å²) in [6.07, 6.45) is -3.56. The molecule has 2 aromatic heterocycles. The van der Waals surface area contributed by atoms with E-state index in [1.54, 1.807) is 0 Å². The third-order valence-corrected chi connectivity index (χ3v) is 3.41. The van der Waals surface area contributed by atoms with Gasteiger partial charge in [0.2, 0.25) is 0 Å². The minimum absolute atomic E-state index is 0.0306. The summed E-state index contributed by atoms with van der Waals surface area (Å²) >= 11 is 0. The highest BCUT2D eigenvalue weighted by atomic mass is 19.4. The molecule has 0 saturated carbocycles. The number of halogens is 4. The maximum absolute atomic E-state index is 14.2. The molecular weight excluding hydrogens is 332 g/mol. The van der Waals surface area contributed by atoms with Crippen LogP contribution in [0.5, 0.6) is 0 Å². The largest absolute Gasteiger partial charge is 0.419 e. The van der Waals surface area contributed by atoms with Gasteiger partial charge in [-0.25, -0.2) is 19.2 Å². The molecule has 124 valence electrons. The van der Waals surface area contributed by atoms with Crippen molar-refractivity contribution < 1.29 is 17.6 Å². The van der Waals surface area contributed by atoms with E-state index in [1.165, 1.54) is 7.05 Å². The molecule has 0 fully saturated rings. The molecule has 0 saturated heterocycles. The lowest BCUT2D eigenvalue weighted by Gasteiger charge is -2.08. The Morgan fingerprint density at radius 2 is 1.75 bits per heavy atom. The lowest BCUT2D eigenvalue weighted by Crippen LogP contribution is -2.32. The second kappa shape index (κ2) is 5.25. The van der Waals surface area contributed by atoms with Gasteiger partial charge in [-0.3, -0.25) is 9.36 Å². The molecule has 0 aliphatic carbocycles. The average molecular weight is 340 g/mol. The van der Waals surface area contributed by atoms with Crippen molar-refractivity contribution in [2.45, 2.75) is 6.18 Å². The van der Waals surface area contributed by atoms with E-state index in [1.807, 2.05) is 0 Å². The highest BCUT2D eigenvalue weighted by Gasteiger charge is 2.31. The van der Waals surface area contributed by atoms with E-state index in [-0.39, 0.29) is 22.3 Å². The highest BCUT2D eigenvalue weighted by molar-refractivity contribution is 5.82. The summed E-state index contributed by atoms with van der Waals surface area (Å²) in [5.74, 6) is -1.20. The van der Waals surface area contributed by atoms with Gasteiger partial charge >= 0.3 is 11.9 Å². The van der Waals surface area contributed by atoms with E-state index in [4.69, 9.17) is 0 Å². The highest BCUT2D eigenvalue weighted by Crippen LogP contribution is 2.29. The van der Waals surface area contributed by atoms with Crippen molar-refractivity contribution in [3.63, 3.8) is 0 Å². The van der Waals surface area contributed by atoms with Gasteiger partial charge in [0.25, 0.3) is 5.56 Å². The first kappa shape index (κ1) is 15.8. The number of aromatic nitrogens is 4. The van der Waals surface area contributed by atoms with Crippen molar-refractivity contribution >= 4 is 10.9 Å². The summed E-state index contributed by atoms with van der Waals surface area (Å²) in [6.45, 7) is 0. The summed E-state index contributed by atoms with van der Waals surface area (Å²) in [5.41, 5.74) is -2.69. The Hall–Kier alpha value is -3.04. The van der Waals surface area contributed by atoms with Crippen LogP contribution < -0.4 is 11.2 Å². The Labute approximate surface area is 130 Å². The number of nitrogens with zero attached hydrogens (tertiary/aromatic N) is 3. The van der Waals surface area contributed by atoms with Crippen molar-refractivity contribution in [2.75, 3.05) is 0 Å². The van der Waals surface area contributed by atoms with Crippen LogP contribution in [0.2, 0.25) is 0 Å². The molecule has 0 unspecified atom stereocenters. The zero-order valence-electron chi connectivity index (χ0n) is 12.0. The molecule has 0 aliphatic heterocycles. The molecule has 1 N–H and O–H groups in total. The number of nitrogens with one attached hydrogen (secondary N) is 1. The van der Waals surface area contributed by atoms with E-state index in [9.17, 15) is 27.2 Å². The van der Waals surface area contributed by atoms with Gasteiger partial charge in [0.05, 0.1) is 22.0 Å². The van der Waals surface area contributed by atoms with Gasteiger partial charge in [0.15, 0.2) is 5.82 Å². The molecule has 10 heteroatoms. The second-order valence-electron chi connectivity index (χ2n) is 4.97. The molecule has 0 radical (unpaired) electrons. The number of benzene rings is 1. The summed E-state index contributed by atoms with van der Waals surface area (Å²) in [6, 6.07) is 1.99. The van der Waals surface area contributed by atoms with E-state index >= 15 is 0 Å². The SMILES string of the molecule is Cn1c(=O)[nH]c2cc(-c3ncc(C(F)(F)F)cn3)c(F)cc2c1=O. The molecule has 0 atom stereocenters.